The predicted octanol–water partition coefficient (Wildman–Crippen LogP) is 23.7. The van der Waals surface area contributed by atoms with E-state index in [9.17, 15) is 0 Å². The van der Waals surface area contributed by atoms with Crippen LogP contribution in [0.15, 0.2) is 243 Å². The van der Waals surface area contributed by atoms with E-state index in [1.807, 2.05) is 13.0 Å². The first-order valence-electron chi connectivity index (χ1n) is 34.7. The van der Waals surface area contributed by atoms with Crippen molar-refractivity contribution >= 4 is 87.2 Å². The van der Waals surface area contributed by atoms with Crippen LogP contribution in [0.2, 0.25) is 0 Å². The van der Waals surface area contributed by atoms with Crippen molar-refractivity contribution in [3.63, 3.8) is 0 Å². The zero-order chi connectivity index (χ0) is 68.5. The zero-order valence-corrected chi connectivity index (χ0v) is 58.7. The highest BCUT2D eigenvalue weighted by Gasteiger charge is 2.24. The summed E-state index contributed by atoms with van der Waals surface area (Å²) in [4.78, 5) is 19.8. The first-order valence-corrected chi connectivity index (χ1v) is 34.7. The minimum atomic E-state index is 0.730. The summed E-state index contributed by atoms with van der Waals surface area (Å²) >= 11 is 0. The molecule has 0 saturated carbocycles. The van der Waals surface area contributed by atoms with E-state index in [1.165, 1.54) is 132 Å². The Morgan fingerprint density at radius 1 is 0.210 bits per heavy atom. The number of nitrogens with zero attached hydrogens (tertiary/aromatic N) is 8. The van der Waals surface area contributed by atoms with Gasteiger partial charge in [-0.05, 0) is 240 Å². The van der Waals surface area contributed by atoms with E-state index < -0.39 is 0 Å². The van der Waals surface area contributed by atoms with E-state index in [0.29, 0.717) is 0 Å². The van der Waals surface area contributed by atoms with E-state index in [2.05, 4.69) is 336 Å². The third kappa shape index (κ3) is 10.4. The maximum absolute atomic E-state index is 5.04. The Kier molecular flexibility index (Phi) is 14.7. The smallest absolute Gasteiger partial charge is 0.161 e. The Morgan fingerprint density at radius 3 is 0.790 bits per heavy atom. The summed E-state index contributed by atoms with van der Waals surface area (Å²) < 4.78 is 9.67. The molecular formula is C92H76N8. The second-order valence-corrected chi connectivity index (χ2v) is 27.9. The van der Waals surface area contributed by atoms with Crippen LogP contribution in [0.25, 0.3) is 155 Å². The summed E-state index contributed by atoms with van der Waals surface area (Å²) in [5, 5.41) is 10.1. The maximum Gasteiger partial charge on any atom is 0.161 e. The molecule has 0 aliphatic carbocycles. The van der Waals surface area contributed by atoms with E-state index in [1.54, 1.807) is 0 Å². The van der Waals surface area contributed by atoms with Crippen LogP contribution in [0.3, 0.4) is 0 Å². The molecule has 484 valence electrons. The second-order valence-electron chi connectivity index (χ2n) is 27.9. The molecule has 0 amide bonds. The lowest BCUT2D eigenvalue weighted by molar-refractivity contribution is 1.01. The Bertz CT molecular complexity index is 5770. The molecule has 8 nitrogen and oxygen atoms in total. The zero-order valence-electron chi connectivity index (χ0n) is 58.7. The molecule has 8 heteroatoms. The van der Waals surface area contributed by atoms with Crippen LogP contribution < -0.4 is 0 Å². The minimum absolute atomic E-state index is 0.730. The number of benzene rings is 12. The number of hydrogen-bond donors (Lipinski definition) is 0. The molecule has 0 saturated heterocycles. The Labute approximate surface area is 582 Å². The van der Waals surface area contributed by atoms with Crippen molar-refractivity contribution in [2.75, 3.05) is 0 Å². The van der Waals surface area contributed by atoms with Gasteiger partial charge in [-0.3, -0.25) is 0 Å². The van der Waals surface area contributed by atoms with E-state index in [4.69, 9.17) is 15.0 Å². The van der Waals surface area contributed by atoms with Gasteiger partial charge in [-0.25, -0.2) is 19.9 Å². The Hall–Kier alpha value is -12.0. The molecule has 0 bridgehead atoms. The highest BCUT2D eigenvalue weighted by atomic mass is 15.0. The van der Waals surface area contributed by atoms with Crippen molar-refractivity contribution in [1.82, 2.24) is 38.2 Å². The molecule has 18 rings (SSSR count). The van der Waals surface area contributed by atoms with E-state index >= 15 is 0 Å². The molecule has 0 N–H and O–H groups in total. The molecule has 18 aromatic rings. The van der Waals surface area contributed by atoms with Gasteiger partial charge in [0.15, 0.2) is 5.82 Å². The quantitative estimate of drug-likeness (QED) is 0.152. The normalized spacial score (nSPS) is 11.8. The second kappa shape index (κ2) is 23.9. The van der Waals surface area contributed by atoms with Gasteiger partial charge < -0.3 is 18.3 Å². The van der Waals surface area contributed by atoms with Crippen LogP contribution >= 0.6 is 0 Å². The van der Waals surface area contributed by atoms with Gasteiger partial charge in [0.2, 0.25) is 0 Å². The Balaban J connectivity index is 0.000000150. The molecular weight excluding hydrogens is 1220 g/mol. The first-order chi connectivity index (χ1) is 48.5. The lowest BCUT2D eigenvalue weighted by Gasteiger charge is -2.18. The fourth-order valence-electron chi connectivity index (χ4n) is 15.8. The number of rotatable bonds is 8. The summed E-state index contributed by atoms with van der Waals surface area (Å²) in [7, 11) is 0. The lowest BCUT2D eigenvalue weighted by Crippen LogP contribution is -2.03. The van der Waals surface area contributed by atoms with Crippen LogP contribution in [0.5, 0.6) is 0 Å². The molecule has 0 unspecified atom stereocenters. The van der Waals surface area contributed by atoms with Gasteiger partial charge >= 0.3 is 0 Å². The summed E-state index contributed by atoms with van der Waals surface area (Å²) in [6.45, 7) is 25.5. The average molecular weight is 1290 g/mol. The highest BCUT2D eigenvalue weighted by molar-refractivity contribution is 6.14. The number of para-hydroxylation sites is 2. The topological polar surface area (TPSA) is 71.3 Å². The lowest BCUT2D eigenvalue weighted by atomic mass is 9.97. The van der Waals surface area contributed by atoms with Crippen LogP contribution in [0.1, 0.15) is 67.4 Å². The summed E-state index contributed by atoms with van der Waals surface area (Å²) in [5.41, 5.74) is 34.4. The van der Waals surface area contributed by atoms with Crippen LogP contribution in [0, 0.1) is 83.1 Å². The van der Waals surface area contributed by atoms with Crippen LogP contribution in [-0.4, -0.2) is 38.2 Å². The molecule has 0 atom stereocenters. The minimum Gasteiger partial charge on any atom is -0.309 e. The molecule has 6 aromatic heterocycles. The molecule has 0 aliphatic heterocycles. The van der Waals surface area contributed by atoms with E-state index in [0.717, 1.165) is 90.6 Å². The van der Waals surface area contributed by atoms with Crippen LogP contribution in [0.4, 0.5) is 0 Å². The average Bonchev–Trinajstić information content (AvgIpc) is 1.61. The first kappa shape index (κ1) is 61.6. The van der Waals surface area contributed by atoms with Gasteiger partial charge in [0.25, 0.3) is 0 Å². The van der Waals surface area contributed by atoms with Crippen molar-refractivity contribution in [3.8, 4) is 67.6 Å². The van der Waals surface area contributed by atoms with Crippen LogP contribution in [-0.2, 0) is 0 Å². The fourth-order valence-corrected chi connectivity index (χ4v) is 15.8. The SMILES string of the molecule is Cc1ccc2c(c1)c1cc(C)ccc1n2-c1ccccc1-c1ccc(-n2c3ccc(C)cc3c3cc(C)ccc32)c(-c2cc(C)nc(C)n2)c1.Cc1ccc2c(c1)c1cc(C)ccc1n2-c1ccccc1-c1ccc(-n2c3ccc(C)cc3c3cc(C)ccc32)c(-c2nc(C)cc(C)n2)c1. The number of aryl methyl sites for hydroxylation is 12. The molecule has 12 aromatic carbocycles. The maximum atomic E-state index is 5.04. The van der Waals surface area contributed by atoms with Gasteiger partial charge in [0.1, 0.15) is 5.82 Å². The third-order valence-corrected chi connectivity index (χ3v) is 20.2. The van der Waals surface area contributed by atoms with Crippen molar-refractivity contribution in [2.24, 2.45) is 0 Å². The number of hydrogen-bond acceptors (Lipinski definition) is 4. The van der Waals surface area contributed by atoms with Gasteiger partial charge in [-0.2, -0.15) is 0 Å². The number of fused-ring (bicyclic) bond motifs is 12. The molecule has 0 radical (unpaired) electrons. The highest BCUT2D eigenvalue weighted by Crippen LogP contribution is 2.45. The van der Waals surface area contributed by atoms with Crippen molar-refractivity contribution < 1.29 is 0 Å². The van der Waals surface area contributed by atoms with Gasteiger partial charge in [-0.1, -0.05) is 142 Å². The monoisotopic (exact) mass is 1290 g/mol. The molecule has 0 aliphatic rings. The Morgan fingerprint density at radius 2 is 0.480 bits per heavy atom. The molecule has 0 spiro atoms. The predicted molar refractivity (Wildman–Crippen MR) is 420 cm³/mol. The summed E-state index contributed by atoms with van der Waals surface area (Å²) in [5.74, 6) is 1.50. The summed E-state index contributed by atoms with van der Waals surface area (Å²) in [6, 6.07) is 89.7. The van der Waals surface area contributed by atoms with Gasteiger partial charge in [0, 0.05) is 82.4 Å². The third-order valence-electron chi connectivity index (χ3n) is 20.2. The number of aromatic nitrogens is 8. The summed E-state index contributed by atoms with van der Waals surface area (Å²) in [6.07, 6.45) is 0. The largest absolute Gasteiger partial charge is 0.309 e. The molecule has 100 heavy (non-hydrogen) atoms. The fraction of sp³-hybridized carbons (Fsp3) is 0.130. The molecule has 0 fully saturated rings. The van der Waals surface area contributed by atoms with Gasteiger partial charge in [0.05, 0.1) is 72.6 Å². The standard InChI is InChI=1S/2C46H38N4/c1-27-11-16-42-35(21-27)36-22-28(2)12-17-43(36)49(42)41-10-8-7-9-34(41)33-15-20-46(39(26-33)40-25-31(5)47-32(6)48-40)50-44-18-13-29(3)23-37(44)38-24-30(4)14-19-45(38)50;1-27-11-16-41-35(21-27)36-22-28(2)12-17-42(36)49(41)40-10-8-7-9-34(40)33-15-20-45(39(26-33)46-47-31(5)25-32(6)48-46)50-43-18-13-29(3)23-37(43)38-24-30(4)14-19-44(38)50/h2*7-26H,1-6H3. The van der Waals surface area contributed by atoms with Crippen molar-refractivity contribution in [3.05, 3.63) is 310 Å². The van der Waals surface area contributed by atoms with Crippen molar-refractivity contribution in [2.45, 2.75) is 83.1 Å². The van der Waals surface area contributed by atoms with Gasteiger partial charge in [-0.15, -0.1) is 0 Å². The molecule has 6 heterocycles. The van der Waals surface area contributed by atoms with E-state index in [-0.39, 0.29) is 0 Å². The van der Waals surface area contributed by atoms with Crippen molar-refractivity contribution in [1.29, 1.82) is 0 Å².